The third kappa shape index (κ3) is 4.87. The molecule has 2 amide bonds. The molecular weight excluding hydrogens is 356 g/mol. The lowest BCUT2D eigenvalue weighted by Crippen LogP contribution is -2.40. The first-order valence-electron chi connectivity index (χ1n) is 7.84. The van der Waals surface area contributed by atoms with E-state index in [-0.39, 0.29) is 18.3 Å². The maximum Gasteiger partial charge on any atom is 0.262 e. The van der Waals surface area contributed by atoms with Crippen LogP contribution in [-0.4, -0.2) is 61.5 Å². The molecule has 3 rings (SSSR count). The highest BCUT2D eigenvalue weighted by atomic mass is 35.5. The van der Waals surface area contributed by atoms with Gasteiger partial charge in [-0.3, -0.25) is 14.9 Å². The molecule has 1 aromatic rings. The lowest BCUT2D eigenvalue weighted by Gasteiger charge is -2.27. The maximum absolute atomic E-state index is 13.2. The van der Waals surface area contributed by atoms with Crippen molar-refractivity contribution >= 4 is 29.9 Å². The molecule has 0 saturated carbocycles. The second-order valence-corrected chi connectivity index (χ2v) is 5.97. The van der Waals surface area contributed by atoms with Crippen LogP contribution in [0, 0.1) is 0 Å². The first-order valence-corrected chi connectivity index (χ1v) is 7.84. The molecule has 2 fully saturated rings. The third-order valence-corrected chi connectivity index (χ3v) is 4.10. The van der Waals surface area contributed by atoms with Crippen LogP contribution in [0.3, 0.4) is 0 Å². The van der Waals surface area contributed by atoms with Crippen LogP contribution in [-0.2, 0) is 9.53 Å². The molecule has 0 spiro atoms. The molecule has 0 aromatic heterocycles. The van der Waals surface area contributed by atoms with Crippen molar-refractivity contribution < 1.29 is 23.1 Å². The molecule has 2 heterocycles. The number of rotatable bonds is 3. The summed E-state index contributed by atoms with van der Waals surface area (Å²) in [7, 11) is 0. The number of hydrogen-bond donors (Lipinski definition) is 2. The molecule has 2 saturated heterocycles. The van der Waals surface area contributed by atoms with E-state index in [1.807, 2.05) is 0 Å². The van der Waals surface area contributed by atoms with Gasteiger partial charge in [-0.05, 0) is 18.2 Å². The number of benzene rings is 1. The fourth-order valence-corrected chi connectivity index (χ4v) is 2.81. The summed E-state index contributed by atoms with van der Waals surface area (Å²) >= 11 is 0. The summed E-state index contributed by atoms with van der Waals surface area (Å²) in [6.45, 7) is 1.56. The van der Waals surface area contributed by atoms with Crippen molar-refractivity contribution in [3.05, 3.63) is 29.8 Å². The lowest BCUT2D eigenvalue weighted by molar-refractivity contribution is -0.118. The summed E-state index contributed by atoms with van der Waals surface area (Å²) in [5.41, 5.74) is 0.857. The number of alkyl halides is 2. The Bertz CT molecular complexity index is 639. The first-order chi connectivity index (χ1) is 11.4. The largest absolute Gasteiger partial charge is 0.378 e. The zero-order valence-corrected chi connectivity index (χ0v) is 14.3. The molecule has 0 radical (unpaired) electrons. The molecular formula is C16H20ClF2N3O3. The van der Waals surface area contributed by atoms with E-state index >= 15 is 0 Å². The maximum atomic E-state index is 13.2. The molecule has 2 aliphatic heterocycles. The van der Waals surface area contributed by atoms with Gasteiger partial charge in [0.25, 0.3) is 11.8 Å². The highest BCUT2D eigenvalue weighted by molar-refractivity contribution is 5.98. The van der Waals surface area contributed by atoms with Gasteiger partial charge in [0.15, 0.2) is 0 Å². The van der Waals surface area contributed by atoms with Crippen LogP contribution in [0.1, 0.15) is 16.8 Å². The van der Waals surface area contributed by atoms with E-state index in [0.29, 0.717) is 37.6 Å². The van der Waals surface area contributed by atoms with Crippen LogP contribution >= 0.6 is 12.4 Å². The monoisotopic (exact) mass is 375 g/mol. The SMILES string of the molecule is Cl.O=C(Nc1cccc(C(=O)N2CCOCC2)c1)C1CC(F)(F)CN1. The Morgan fingerprint density at radius 1 is 1.28 bits per heavy atom. The number of halogens is 3. The van der Waals surface area contributed by atoms with E-state index in [0.717, 1.165) is 0 Å². The fraction of sp³-hybridized carbons (Fsp3) is 0.500. The quantitative estimate of drug-likeness (QED) is 0.840. The highest BCUT2D eigenvalue weighted by Crippen LogP contribution is 2.26. The van der Waals surface area contributed by atoms with Crippen molar-refractivity contribution in [2.45, 2.75) is 18.4 Å². The van der Waals surface area contributed by atoms with Crippen molar-refractivity contribution in [3.63, 3.8) is 0 Å². The highest BCUT2D eigenvalue weighted by Gasteiger charge is 2.42. The van der Waals surface area contributed by atoms with Crippen LogP contribution in [0.5, 0.6) is 0 Å². The number of anilines is 1. The van der Waals surface area contributed by atoms with E-state index in [4.69, 9.17) is 4.74 Å². The predicted octanol–water partition coefficient (Wildman–Crippen LogP) is 1.52. The molecule has 2 N–H and O–H groups in total. The minimum absolute atomic E-state index is 0. The summed E-state index contributed by atoms with van der Waals surface area (Å²) < 4.78 is 31.5. The van der Waals surface area contributed by atoms with Crippen molar-refractivity contribution in [2.24, 2.45) is 0 Å². The van der Waals surface area contributed by atoms with E-state index in [1.165, 1.54) is 0 Å². The lowest BCUT2D eigenvalue weighted by atomic mass is 10.1. The van der Waals surface area contributed by atoms with E-state index in [2.05, 4.69) is 10.6 Å². The number of carbonyl (C=O) groups excluding carboxylic acids is 2. The van der Waals surface area contributed by atoms with Crippen molar-refractivity contribution in [2.75, 3.05) is 38.2 Å². The Hall–Kier alpha value is -1.77. The minimum Gasteiger partial charge on any atom is -0.378 e. The molecule has 0 bridgehead atoms. The van der Waals surface area contributed by atoms with Gasteiger partial charge in [-0.25, -0.2) is 8.78 Å². The summed E-state index contributed by atoms with van der Waals surface area (Å²) in [6, 6.07) is 5.57. The summed E-state index contributed by atoms with van der Waals surface area (Å²) in [6.07, 6.45) is -0.523. The average molecular weight is 376 g/mol. The first kappa shape index (κ1) is 19.6. The van der Waals surface area contributed by atoms with Crippen molar-refractivity contribution in [1.82, 2.24) is 10.2 Å². The van der Waals surface area contributed by atoms with Crippen LogP contribution < -0.4 is 10.6 Å². The summed E-state index contributed by atoms with van der Waals surface area (Å²) in [4.78, 5) is 26.2. The number of ether oxygens (including phenoxy) is 1. The number of nitrogens with one attached hydrogen (secondary N) is 2. The van der Waals surface area contributed by atoms with Gasteiger partial charge in [0.05, 0.1) is 25.8 Å². The Morgan fingerprint density at radius 3 is 2.64 bits per heavy atom. The topological polar surface area (TPSA) is 70.7 Å². The van der Waals surface area contributed by atoms with Crippen molar-refractivity contribution in [1.29, 1.82) is 0 Å². The van der Waals surface area contributed by atoms with Gasteiger partial charge in [0.1, 0.15) is 0 Å². The van der Waals surface area contributed by atoms with Crippen LogP contribution in [0.15, 0.2) is 24.3 Å². The number of nitrogens with zero attached hydrogens (tertiary/aromatic N) is 1. The second-order valence-electron chi connectivity index (χ2n) is 5.97. The molecule has 1 aromatic carbocycles. The van der Waals surface area contributed by atoms with E-state index < -0.39 is 30.8 Å². The Kier molecular flexibility index (Phi) is 6.31. The van der Waals surface area contributed by atoms with Gasteiger partial charge in [-0.1, -0.05) is 6.07 Å². The molecule has 1 atom stereocenters. The Morgan fingerprint density at radius 2 is 2.00 bits per heavy atom. The van der Waals surface area contributed by atoms with Gasteiger partial charge in [-0.15, -0.1) is 12.4 Å². The number of carbonyl (C=O) groups is 2. The molecule has 138 valence electrons. The number of hydrogen-bond acceptors (Lipinski definition) is 4. The predicted molar refractivity (Wildman–Crippen MR) is 90.4 cm³/mol. The minimum atomic E-state index is -2.86. The van der Waals surface area contributed by atoms with Gasteiger partial charge >= 0.3 is 0 Å². The summed E-state index contributed by atoms with van der Waals surface area (Å²) in [5.74, 6) is -3.53. The van der Waals surface area contributed by atoms with Crippen molar-refractivity contribution in [3.8, 4) is 0 Å². The second kappa shape index (κ2) is 8.07. The van der Waals surface area contributed by atoms with Gasteiger partial charge in [-0.2, -0.15) is 0 Å². The molecule has 6 nitrogen and oxygen atoms in total. The molecule has 0 aliphatic carbocycles. The van der Waals surface area contributed by atoms with Gasteiger partial charge in [0, 0.05) is 30.8 Å². The smallest absolute Gasteiger partial charge is 0.262 e. The van der Waals surface area contributed by atoms with E-state index in [9.17, 15) is 18.4 Å². The molecule has 1 unspecified atom stereocenters. The fourth-order valence-electron chi connectivity index (χ4n) is 2.81. The van der Waals surface area contributed by atoms with Crippen LogP contribution in [0.25, 0.3) is 0 Å². The van der Waals surface area contributed by atoms with E-state index in [1.54, 1.807) is 29.2 Å². The zero-order valence-electron chi connectivity index (χ0n) is 13.5. The Balaban J connectivity index is 0.00000225. The molecule has 9 heteroatoms. The number of amides is 2. The van der Waals surface area contributed by atoms with Gasteiger partial charge < -0.3 is 15.0 Å². The van der Waals surface area contributed by atoms with Gasteiger partial charge in [0.2, 0.25) is 5.91 Å². The average Bonchev–Trinajstić information content (AvgIpc) is 2.95. The third-order valence-electron chi connectivity index (χ3n) is 4.10. The molecule has 2 aliphatic rings. The zero-order chi connectivity index (χ0) is 17.2. The number of morpholine rings is 1. The Labute approximate surface area is 150 Å². The standard InChI is InChI=1S/C16H19F2N3O3.ClH/c17-16(18)9-13(19-10-16)14(22)20-12-3-1-2-11(8-12)15(23)21-4-6-24-7-5-21;/h1-3,8,13,19H,4-7,9-10H2,(H,20,22);1H. The summed E-state index contributed by atoms with van der Waals surface area (Å²) in [5, 5.41) is 5.09. The van der Waals surface area contributed by atoms with Crippen LogP contribution in [0.2, 0.25) is 0 Å². The molecule has 25 heavy (non-hydrogen) atoms. The van der Waals surface area contributed by atoms with Crippen LogP contribution in [0.4, 0.5) is 14.5 Å². The normalized spacial score (nSPS) is 22.2.